The molecule has 0 bridgehead atoms. The summed E-state index contributed by atoms with van der Waals surface area (Å²) in [6.07, 6.45) is 5.39. The number of hydrogen-bond donors (Lipinski definition) is 1. The molecular weight excluding hydrogens is 238 g/mol. The van der Waals surface area contributed by atoms with Crippen molar-refractivity contribution in [1.82, 2.24) is 14.9 Å². The van der Waals surface area contributed by atoms with Crippen LogP contribution in [-0.4, -0.2) is 15.5 Å². The predicted molar refractivity (Wildman–Crippen MR) is 65.8 cm³/mol. The Labute approximate surface area is 104 Å². The molecule has 2 aromatic heterocycles. The number of carbonyl (C=O) groups excluding carboxylic acids is 1. The Morgan fingerprint density at radius 2 is 2.35 bits per heavy atom. The average Bonchev–Trinajstić information content (AvgIpc) is 2.72. The second kappa shape index (κ2) is 5.01. The van der Waals surface area contributed by atoms with E-state index in [-0.39, 0.29) is 5.91 Å². The van der Waals surface area contributed by atoms with Crippen LogP contribution < -0.4 is 5.32 Å². The van der Waals surface area contributed by atoms with E-state index in [0.717, 1.165) is 5.56 Å². The summed E-state index contributed by atoms with van der Waals surface area (Å²) < 4.78 is 1.93. The number of amides is 1. The highest BCUT2D eigenvalue weighted by Gasteiger charge is 2.07. The first-order chi connectivity index (χ1) is 8.15. The Morgan fingerprint density at radius 3 is 3.00 bits per heavy atom. The molecule has 0 aliphatic rings. The van der Waals surface area contributed by atoms with Crippen molar-refractivity contribution in [3.05, 3.63) is 53.1 Å². The minimum absolute atomic E-state index is 0.226. The number of nitrogens with zero attached hydrogens (tertiary/aromatic N) is 2. The maximum Gasteiger partial charge on any atom is 0.270 e. The molecule has 5 heteroatoms. The summed E-state index contributed by atoms with van der Waals surface area (Å²) in [5.74, 6) is -0.226. The number of aromatic nitrogens is 2. The Bertz CT molecular complexity index is 536. The van der Waals surface area contributed by atoms with E-state index < -0.39 is 0 Å². The third-order valence-electron chi connectivity index (χ3n) is 2.30. The summed E-state index contributed by atoms with van der Waals surface area (Å²) in [6, 6.07) is 5.13. The topological polar surface area (TPSA) is 46.9 Å². The zero-order valence-electron chi connectivity index (χ0n) is 9.35. The van der Waals surface area contributed by atoms with Crippen LogP contribution in [-0.2, 0) is 13.6 Å². The highest BCUT2D eigenvalue weighted by Crippen LogP contribution is 2.08. The first-order valence-electron chi connectivity index (χ1n) is 5.16. The van der Waals surface area contributed by atoms with E-state index in [4.69, 9.17) is 11.6 Å². The highest BCUT2D eigenvalue weighted by molar-refractivity contribution is 6.30. The molecular formula is C12H12ClN3O. The third-order valence-corrected chi connectivity index (χ3v) is 2.54. The quantitative estimate of drug-likeness (QED) is 0.905. The minimum atomic E-state index is -0.226. The molecule has 0 aliphatic carbocycles. The van der Waals surface area contributed by atoms with Gasteiger partial charge in [-0.1, -0.05) is 11.6 Å². The van der Waals surface area contributed by atoms with E-state index in [2.05, 4.69) is 10.3 Å². The van der Waals surface area contributed by atoms with Crippen LogP contribution in [0.1, 0.15) is 16.1 Å². The monoisotopic (exact) mass is 249 g/mol. The lowest BCUT2D eigenvalue weighted by Crippen LogP contribution is -2.23. The third kappa shape index (κ3) is 3.07. The molecule has 0 aliphatic heterocycles. The first kappa shape index (κ1) is 11.7. The second-order valence-corrected chi connectivity index (χ2v) is 4.16. The van der Waals surface area contributed by atoms with Gasteiger partial charge in [-0.3, -0.25) is 9.78 Å². The highest BCUT2D eigenvalue weighted by atomic mass is 35.5. The Kier molecular flexibility index (Phi) is 3.44. The maximum atomic E-state index is 11.7. The van der Waals surface area contributed by atoms with Gasteiger partial charge in [0.05, 0.1) is 0 Å². The molecule has 0 radical (unpaired) electrons. The number of pyridine rings is 1. The molecule has 2 rings (SSSR count). The van der Waals surface area contributed by atoms with Gasteiger partial charge in [-0.25, -0.2) is 0 Å². The molecule has 88 valence electrons. The van der Waals surface area contributed by atoms with Crippen molar-refractivity contribution >= 4 is 17.5 Å². The Balaban J connectivity index is 1.98. The standard InChI is InChI=1S/C12H12ClN3O/c1-16-5-3-9(8-16)7-15-12(17)11-6-10(13)2-4-14-11/h2-6,8H,7H2,1H3,(H,15,17). The maximum absolute atomic E-state index is 11.7. The Morgan fingerprint density at radius 1 is 1.53 bits per heavy atom. The summed E-state index contributed by atoms with van der Waals surface area (Å²) >= 11 is 5.79. The van der Waals surface area contributed by atoms with E-state index in [9.17, 15) is 4.79 Å². The number of hydrogen-bond acceptors (Lipinski definition) is 2. The van der Waals surface area contributed by atoms with Gasteiger partial charge in [0.1, 0.15) is 5.69 Å². The lowest BCUT2D eigenvalue weighted by molar-refractivity contribution is 0.0946. The molecule has 0 atom stereocenters. The van der Waals surface area contributed by atoms with Gasteiger partial charge in [0.25, 0.3) is 5.91 Å². The molecule has 0 spiro atoms. The smallest absolute Gasteiger partial charge is 0.270 e. The summed E-state index contributed by atoms with van der Waals surface area (Å²) in [6.45, 7) is 0.480. The van der Waals surface area contributed by atoms with E-state index >= 15 is 0 Å². The fourth-order valence-corrected chi connectivity index (χ4v) is 1.63. The van der Waals surface area contributed by atoms with E-state index in [0.29, 0.717) is 17.3 Å². The zero-order chi connectivity index (χ0) is 12.3. The lowest BCUT2D eigenvalue weighted by atomic mass is 10.3. The minimum Gasteiger partial charge on any atom is -0.357 e. The van der Waals surface area contributed by atoms with Crippen molar-refractivity contribution in [2.75, 3.05) is 0 Å². The number of carbonyl (C=O) groups is 1. The molecule has 4 nitrogen and oxygen atoms in total. The zero-order valence-corrected chi connectivity index (χ0v) is 10.1. The lowest BCUT2D eigenvalue weighted by Gasteiger charge is -2.03. The van der Waals surface area contributed by atoms with Gasteiger partial charge in [0.15, 0.2) is 0 Å². The number of halogens is 1. The van der Waals surface area contributed by atoms with E-state index in [1.54, 1.807) is 12.1 Å². The second-order valence-electron chi connectivity index (χ2n) is 3.73. The van der Waals surface area contributed by atoms with Crippen molar-refractivity contribution in [2.45, 2.75) is 6.54 Å². The summed E-state index contributed by atoms with van der Waals surface area (Å²) in [5, 5.41) is 3.29. The molecule has 2 aromatic rings. The van der Waals surface area contributed by atoms with Crippen LogP contribution in [0.2, 0.25) is 5.02 Å². The van der Waals surface area contributed by atoms with Gasteiger partial charge in [-0.15, -0.1) is 0 Å². The van der Waals surface area contributed by atoms with Crippen LogP contribution >= 0.6 is 11.6 Å². The molecule has 17 heavy (non-hydrogen) atoms. The molecule has 0 saturated heterocycles. The van der Waals surface area contributed by atoms with Crippen LogP contribution in [0.4, 0.5) is 0 Å². The van der Waals surface area contributed by atoms with Crippen molar-refractivity contribution in [3.63, 3.8) is 0 Å². The summed E-state index contributed by atoms with van der Waals surface area (Å²) in [4.78, 5) is 15.7. The number of aryl methyl sites for hydroxylation is 1. The van der Waals surface area contributed by atoms with Gasteiger partial charge in [-0.05, 0) is 23.8 Å². The van der Waals surface area contributed by atoms with Crippen LogP contribution in [0.5, 0.6) is 0 Å². The SMILES string of the molecule is Cn1ccc(CNC(=O)c2cc(Cl)ccn2)c1. The van der Waals surface area contributed by atoms with Crippen molar-refractivity contribution in [2.24, 2.45) is 7.05 Å². The summed E-state index contributed by atoms with van der Waals surface area (Å²) in [5.41, 5.74) is 1.37. The van der Waals surface area contributed by atoms with Crippen LogP contribution in [0.3, 0.4) is 0 Å². The fraction of sp³-hybridized carbons (Fsp3) is 0.167. The van der Waals surface area contributed by atoms with Gasteiger partial charge >= 0.3 is 0 Å². The summed E-state index contributed by atoms with van der Waals surface area (Å²) in [7, 11) is 1.93. The number of nitrogens with one attached hydrogen (secondary N) is 1. The van der Waals surface area contributed by atoms with Gasteiger partial charge < -0.3 is 9.88 Å². The van der Waals surface area contributed by atoms with Crippen molar-refractivity contribution in [1.29, 1.82) is 0 Å². The molecule has 1 amide bonds. The normalized spacial score (nSPS) is 10.2. The van der Waals surface area contributed by atoms with Gasteiger partial charge in [-0.2, -0.15) is 0 Å². The number of rotatable bonds is 3. The van der Waals surface area contributed by atoms with Crippen molar-refractivity contribution in [3.8, 4) is 0 Å². The molecule has 1 N–H and O–H groups in total. The Hall–Kier alpha value is -1.81. The molecule has 2 heterocycles. The average molecular weight is 250 g/mol. The van der Waals surface area contributed by atoms with E-state index in [1.807, 2.05) is 30.1 Å². The van der Waals surface area contributed by atoms with Crippen LogP contribution in [0.15, 0.2) is 36.8 Å². The molecule has 0 saturated carbocycles. The van der Waals surface area contributed by atoms with Gasteiger partial charge in [0, 0.05) is 37.2 Å². The molecule has 0 fully saturated rings. The van der Waals surface area contributed by atoms with E-state index in [1.165, 1.54) is 6.20 Å². The predicted octanol–water partition coefficient (Wildman–Crippen LogP) is 2.00. The van der Waals surface area contributed by atoms with Crippen molar-refractivity contribution < 1.29 is 4.79 Å². The fourth-order valence-electron chi connectivity index (χ4n) is 1.47. The molecule has 0 unspecified atom stereocenters. The first-order valence-corrected chi connectivity index (χ1v) is 5.53. The van der Waals surface area contributed by atoms with Crippen LogP contribution in [0, 0.1) is 0 Å². The van der Waals surface area contributed by atoms with Gasteiger partial charge in [0.2, 0.25) is 0 Å². The largest absolute Gasteiger partial charge is 0.357 e. The van der Waals surface area contributed by atoms with Crippen LogP contribution in [0.25, 0.3) is 0 Å². The molecule has 0 aromatic carbocycles.